The first-order chi connectivity index (χ1) is 9.60. The zero-order chi connectivity index (χ0) is 15.0. The van der Waals surface area contributed by atoms with E-state index >= 15 is 0 Å². The fourth-order valence-corrected chi connectivity index (χ4v) is 1.73. The number of carbonyl (C=O) groups is 1. The predicted molar refractivity (Wildman–Crippen MR) is 79.9 cm³/mol. The van der Waals surface area contributed by atoms with Gasteiger partial charge in [-0.2, -0.15) is 0 Å². The van der Waals surface area contributed by atoms with Gasteiger partial charge in [-0.05, 0) is 27.2 Å². The molecule has 0 radical (unpaired) electrons. The summed E-state index contributed by atoms with van der Waals surface area (Å²) < 4.78 is 4.97. The van der Waals surface area contributed by atoms with Crippen LogP contribution in [0.5, 0.6) is 0 Å². The Morgan fingerprint density at radius 1 is 1.30 bits per heavy atom. The van der Waals surface area contributed by atoms with Gasteiger partial charge in [0.1, 0.15) is 23.5 Å². The maximum atomic E-state index is 11.6. The standard InChI is InChI=1S/C14H24N4O2/c1-5-8-11-17-12(15-6-2)9-13(18-11)16-10(4)14(19)20-7-3/h9-10H,5-8H2,1-4H3,(H2,15,16,17,18). The van der Waals surface area contributed by atoms with Crippen molar-refractivity contribution in [2.75, 3.05) is 23.8 Å². The van der Waals surface area contributed by atoms with Gasteiger partial charge >= 0.3 is 5.97 Å². The average Bonchev–Trinajstić information content (AvgIpc) is 2.39. The number of aryl methyl sites for hydroxylation is 1. The van der Waals surface area contributed by atoms with Crippen molar-refractivity contribution in [1.82, 2.24) is 9.97 Å². The molecule has 0 spiro atoms. The molecule has 0 aliphatic heterocycles. The summed E-state index contributed by atoms with van der Waals surface area (Å²) in [6.45, 7) is 8.80. The average molecular weight is 280 g/mol. The SMILES string of the molecule is CCCc1nc(NCC)cc(NC(C)C(=O)OCC)n1. The summed E-state index contributed by atoms with van der Waals surface area (Å²) in [7, 11) is 0. The monoisotopic (exact) mass is 280 g/mol. The number of nitrogens with one attached hydrogen (secondary N) is 2. The van der Waals surface area contributed by atoms with Crippen LogP contribution in [0.3, 0.4) is 0 Å². The number of hydrogen-bond acceptors (Lipinski definition) is 6. The van der Waals surface area contributed by atoms with Crippen molar-refractivity contribution in [2.45, 2.75) is 46.6 Å². The topological polar surface area (TPSA) is 76.1 Å². The van der Waals surface area contributed by atoms with E-state index in [4.69, 9.17) is 4.74 Å². The maximum absolute atomic E-state index is 11.6. The Hall–Kier alpha value is -1.85. The van der Waals surface area contributed by atoms with Gasteiger partial charge in [0.25, 0.3) is 0 Å². The van der Waals surface area contributed by atoms with Crippen molar-refractivity contribution in [3.63, 3.8) is 0 Å². The normalized spacial score (nSPS) is 11.8. The lowest BCUT2D eigenvalue weighted by molar-refractivity contribution is -0.143. The smallest absolute Gasteiger partial charge is 0.328 e. The molecule has 20 heavy (non-hydrogen) atoms. The highest BCUT2D eigenvalue weighted by molar-refractivity contribution is 5.78. The van der Waals surface area contributed by atoms with E-state index in [0.717, 1.165) is 31.0 Å². The molecule has 0 saturated heterocycles. The van der Waals surface area contributed by atoms with Gasteiger partial charge in [-0.15, -0.1) is 0 Å². The van der Waals surface area contributed by atoms with Crippen LogP contribution in [-0.2, 0) is 16.0 Å². The van der Waals surface area contributed by atoms with Gasteiger partial charge in [-0.3, -0.25) is 0 Å². The van der Waals surface area contributed by atoms with Gasteiger partial charge in [0, 0.05) is 19.0 Å². The molecule has 1 rings (SSSR count). The number of ether oxygens (including phenoxy) is 1. The molecule has 1 aromatic rings. The van der Waals surface area contributed by atoms with Gasteiger partial charge in [0.2, 0.25) is 0 Å². The maximum Gasteiger partial charge on any atom is 0.328 e. The number of rotatable bonds is 8. The fraction of sp³-hybridized carbons (Fsp3) is 0.643. The van der Waals surface area contributed by atoms with Crippen LogP contribution >= 0.6 is 0 Å². The van der Waals surface area contributed by atoms with Crippen molar-refractivity contribution in [1.29, 1.82) is 0 Å². The van der Waals surface area contributed by atoms with E-state index in [1.165, 1.54) is 0 Å². The number of hydrogen-bond donors (Lipinski definition) is 2. The van der Waals surface area contributed by atoms with Gasteiger partial charge < -0.3 is 15.4 Å². The third-order valence-corrected chi connectivity index (χ3v) is 2.61. The number of esters is 1. The molecule has 1 heterocycles. The highest BCUT2D eigenvalue weighted by Gasteiger charge is 2.15. The second kappa shape index (κ2) is 8.35. The van der Waals surface area contributed by atoms with Crippen LogP contribution in [0.1, 0.15) is 39.9 Å². The molecular formula is C14H24N4O2. The van der Waals surface area contributed by atoms with Crippen molar-refractivity contribution < 1.29 is 9.53 Å². The molecule has 0 fully saturated rings. The minimum atomic E-state index is -0.436. The van der Waals surface area contributed by atoms with Crippen molar-refractivity contribution in [2.24, 2.45) is 0 Å². The van der Waals surface area contributed by atoms with Crippen LogP contribution in [-0.4, -0.2) is 35.1 Å². The van der Waals surface area contributed by atoms with Crippen LogP contribution in [0.15, 0.2) is 6.07 Å². The quantitative estimate of drug-likeness (QED) is 0.711. The molecule has 0 aliphatic carbocycles. The van der Waals surface area contributed by atoms with Crippen molar-refractivity contribution >= 4 is 17.6 Å². The Kier molecular flexibility index (Phi) is 6.76. The van der Waals surface area contributed by atoms with Crippen LogP contribution in [0.4, 0.5) is 11.6 Å². The largest absolute Gasteiger partial charge is 0.464 e. The number of aromatic nitrogens is 2. The van der Waals surface area contributed by atoms with E-state index in [1.807, 2.05) is 6.92 Å². The van der Waals surface area contributed by atoms with E-state index in [9.17, 15) is 4.79 Å². The Labute approximate surface area is 120 Å². The van der Waals surface area contributed by atoms with E-state index in [1.54, 1.807) is 19.9 Å². The van der Waals surface area contributed by atoms with Crippen LogP contribution in [0.25, 0.3) is 0 Å². The highest BCUT2D eigenvalue weighted by atomic mass is 16.5. The molecule has 0 amide bonds. The van der Waals surface area contributed by atoms with Crippen LogP contribution < -0.4 is 10.6 Å². The lowest BCUT2D eigenvalue weighted by atomic mass is 10.3. The summed E-state index contributed by atoms with van der Waals surface area (Å²) >= 11 is 0. The predicted octanol–water partition coefficient (Wildman–Crippen LogP) is 2.22. The molecule has 112 valence electrons. The number of nitrogens with zero attached hydrogens (tertiary/aromatic N) is 2. The highest BCUT2D eigenvalue weighted by Crippen LogP contribution is 2.13. The Morgan fingerprint density at radius 2 is 2.00 bits per heavy atom. The minimum absolute atomic E-state index is 0.284. The molecule has 1 unspecified atom stereocenters. The third-order valence-electron chi connectivity index (χ3n) is 2.61. The molecule has 1 atom stereocenters. The molecule has 0 saturated carbocycles. The van der Waals surface area contributed by atoms with E-state index in [2.05, 4.69) is 27.5 Å². The molecular weight excluding hydrogens is 256 g/mol. The molecule has 1 aromatic heterocycles. The molecule has 6 heteroatoms. The summed E-state index contributed by atoms with van der Waals surface area (Å²) in [5, 5.41) is 6.23. The van der Waals surface area contributed by atoms with Gasteiger partial charge in [-0.1, -0.05) is 6.92 Å². The second-order valence-electron chi connectivity index (χ2n) is 4.45. The summed E-state index contributed by atoms with van der Waals surface area (Å²) in [5.74, 6) is 1.89. The van der Waals surface area contributed by atoms with Crippen LogP contribution in [0.2, 0.25) is 0 Å². The summed E-state index contributed by atoms with van der Waals surface area (Å²) in [6, 6.07) is 1.37. The van der Waals surface area contributed by atoms with E-state index in [-0.39, 0.29) is 5.97 Å². The van der Waals surface area contributed by atoms with Gasteiger partial charge in [-0.25, -0.2) is 14.8 Å². The zero-order valence-electron chi connectivity index (χ0n) is 12.7. The minimum Gasteiger partial charge on any atom is -0.464 e. The second-order valence-corrected chi connectivity index (χ2v) is 4.45. The molecule has 2 N–H and O–H groups in total. The summed E-state index contributed by atoms with van der Waals surface area (Å²) in [5.41, 5.74) is 0. The van der Waals surface area contributed by atoms with E-state index in [0.29, 0.717) is 12.4 Å². The first-order valence-electron chi connectivity index (χ1n) is 7.15. The number of anilines is 2. The van der Waals surface area contributed by atoms with E-state index < -0.39 is 6.04 Å². The van der Waals surface area contributed by atoms with Crippen molar-refractivity contribution in [3.8, 4) is 0 Å². The fourth-order valence-electron chi connectivity index (χ4n) is 1.73. The summed E-state index contributed by atoms with van der Waals surface area (Å²) in [4.78, 5) is 20.5. The lowest BCUT2D eigenvalue weighted by Crippen LogP contribution is -2.28. The zero-order valence-corrected chi connectivity index (χ0v) is 12.7. The van der Waals surface area contributed by atoms with Crippen LogP contribution in [0, 0.1) is 0 Å². The summed E-state index contributed by atoms with van der Waals surface area (Å²) in [6.07, 6.45) is 1.78. The Bertz CT molecular complexity index is 413. The Balaban J connectivity index is 2.84. The molecule has 0 aromatic carbocycles. The molecule has 0 aliphatic rings. The molecule has 0 bridgehead atoms. The number of carbonyl (C=O) groups excluding carboxylic acids is 1. The Morgan fingerprint density at radius 3 is 2.60 bits per heavy atom. The first-order valence-corrected chi connectivity index (χ1v) is 7.15. The first kappa shape index (κ1) is 16.2. The molecule has 6 nitrogen and oxygen atoms in total. The third kappa shape index (κ3) is 5.03. The van der Waals surface area contributed by atoms with Crippen molar-refractivity contribution in [3.05, 3.63) is 11.9 Å². The lowest BCUT2D eigenvalue weighted by Gasteiger charge is -2.15. The van der Waals surface area contributed by atoms with Gasteiger partial charge in [0.15, 0.2) is 0 Å². The van der Waals surface area contributed by atoms with Gasteiger partial charge in [0.05, 0.1) is 6.61 Å².